The Bertz CT molecular complexity index is 1630. The average Bonchev–Trinajstić information content (AvgIpc) is 3.54. The van der Waals surface area contributed by atoms with Gasteiger partial charge < -0.3 is 15.2 Å². The summed E-state index contributed by atoms with van der Waals surface area (Å²) in [5.41, 5.74) is 2.51. The summed E-state index contributed by atoms with van der Waals surface area (Å²) in [7, 11) is 0. The number of carbonyl (C=O) groups excluding carboxylic acids is 2. The molecule has 0 saturated carbocycles. The number of nitrogens with zero attached hydrogens (tertiary/aromatic N) is 1. The number of aromatic nitrogens is 1. The Labute approximate surface area is 218 Å². The van der Waals surface area contributed by atoms with E-state index in [4.69, 9.17) is 0 Å². The number of hydrogen-bond acceptors (Lipinski definition) is 5. The Kier molecular flexibility index (Phi) is 5.39. The first-order chi connectivity index (χ1) is 18.2. The molecule has 0 aliphatic carbocycles. The zero-order valence-corrected chi connectivity index (χ0v) is 20.9. The smallest absolute Gasteiger partial charge is 0.325 e. The van der Waals surface area contributed by atoms with E-state index in [-0.39, 0.29) is 12.2 Å². The van der Waals surface area contributed by atoms with Crippen LogP contribution in [0, 0.1) is 25.7 Å². The number of aromatic hydroxyl groups is 1. The molecule has 192 valence electrons. The quantitative estimate of drug-likeness (QED) is 0.302. The fourth-order valence-corrected chi connectivity index (χ4v) is 6.15. The highest BCUT2D eigenvalue weighted by Crippen LogP contribution is 2.52. The largest absolute Gasteiger partial charge is 0.508 e. The van der Waals surface area contributed by atoms with Crippen molar-refractivity contribution >= 4 is 34.4 Å². The van der Waals surface area contributed by atoms with Crippen molar-refractivity contribution in [2.45, 2.75) is 31.8 Å². The molecule has 1 aromatic heterocycles. The molecule has 2 aliphatic rings. The Morgan fingerprint density at radius 3 is 2.45 bits per heavy atom. The predicted octanol–water partition coefficient (Wildman–Crippen LogP) is 4.01. The average molecular weight is 510 g/mol. The van der Waals surface area contributed by atoms with Crippen molar-refractivity contribution in [1.29, 1.82) is 0 Å². The molecule has 4 atom stereocenters. The van der Waals surface area contributed by atoms with Gasteiger partial charge in [-0.3, -0.25) is 19.7 Å². The molecule has 2 fully saturated rings. The fraction of sp³-hybridized carbons (Fsp3) is 0.233. The number of carboxylic acid groups (broad SMARTS) is 1. The van der Waals surface area contributed by atoms with Crippen LogP contribution in [0.4, 0.5) is 5.69 Å². The number of imide groups is 1. The van der Waals surface area contributed by atoms with Crippen LogP contribution in [-0.4, -0.2) is 38.5 Å². The van der Waals surface area contributed by atoms with Crippen molar-refractivity contribution in [2.24, 2.45) is 11.8 Å². The number of hydrogen-bond donors (Lipinski definition) is 4. The third-order valence-corrected chi connectivity index (χ3v) is 8.20. The zero-order valence-electron chi connectivity index (χ0n) is 20.9. The van der Waals surface area contributed by atoms with Crippen molar-refractivity contribution in [3.05, 3.63) is 95.2 Å². The van der Waals surface area contributed by atoms with Crippen LogP contribution in [0.3, 0.4) is 0 Å². The summed E-state index contributed by atoms with van der Waals surface area (Å²) < 4.78 is 0. The molecule has 6 rings (SSSR count). The van der Waals surface area contributed by atoms with Gasteiger partial charge in [-0.25, -0.2) is 4.90 Å². The lowest BCUT2D eigenvalue weighted by molar-refractivity contribution is -0.148. The lowest BCUT2D eigenvalue weighted by Gasteiger charge is -2.31. The minimum atomic E-state index is -1.79. The van der Waals surface area contributed by atoms with Crippen LogP contribution in [0.2, 0.25) is 0 Å². The first-order valence-corrected chi connectivity index (χ1v) is 12.5. The predicted molar refractivity (Wildman–Crippen MR) is 142 cm³/mol. The maximum atomic E-state index is 14.1. The topological polar surface area (TPSA) is 123 Å². The summed E-state index contributed by atoms with van der Waals surface area (Å²) in [6.07, 6.45) is 1.72. The number of phenolic OH excluding ortho intramolecular Hbond substituents is 1. The molecule has 2 saturated heterocycles. The highest BCUT2D eigenvalue weighted by Gasteiger charge is 2.69. The lowest BCUT2D eigenvalue weighted by atomic mass is 9.76. The minimum absolute atomic E-state index is 0.0304. The van der Waals surface area contributed by atoms with Crippen LogP contribution < -0.4 is 10.2 Å². The molecule has 0 radical (unpaired) electrons. The highest BCUT2D eigenvalue weighted by molar-refractivity contribution is 6.24. The number of aliphatic carboxylic acids is 1. The third kappa shape index (κ3) is 3.37. The number of nitrogens with one attached hydrogen (secondary N) is 2. The summed E-state index contributed by atoms with van der Waals surface area (Å²) in [6, 6.07) is 18.5. The summed E-state index contributed by atoms with van der Waals surface area (Å²) in [6.45, 7) is 3.84. The second-order valence-electron chi connectivity index (χ2n) is 10.3. The number of carbonyl (C=O) groups is 3. The number of aromatic amines is 1. The van der Waals surface area contributed by atoms with Gasteiger partial charge in [0.1, 0.15) is 11.3 Å². The summed E-state index contributed by atoms with van der Waals surface area (Å²) >= 11 is 0. The summed E-state index contributed by atoms with van der Waals surface area (Å²) in [4.78, 5) is 45.6. The molecule has 2 aliphatic heterocycles. The van der Waals surface area contributed by atoms with Crippen LogP contribution in [-0.2, 0) is 20.8 Å². The number of benzene rings is 3. The van der Waals surface area contributed by atoms with E-state index in [0.29, 0.717) is 11.3 Å². The normalized spacial score (nSPS) is 24.8. The number of anilines is 1. The van der Waals surface area contributed by atoms with Crippen molar-refractivity contribution in [2.75, 3.05) is 4.90 Å². The molecule has 0 bridgehead atoms. The molecule has 2 amide bonds. The maximum absolute atomic E-state index is 14.1. The number of phenols is 1. The second-order valence-corrected chi connectivity index (χ2v) is 10.3. The number of para-hydroxylation sites is 2. The lowest BCUT2D eigenvalue weighted by Crippen LogP contribution is -2.57. The van der Waals surface area contributed by atoms with Crippen molar-refractivity contribution in [1.82, 2.24) is 10.3 Å². The maximum Gasteiger partial charge on any atom is 0.325 e. The molecule has 8 nitrogen and oxygen atoms in total. The molecule has 4 N–H and O–H groups in total. The summed E-state index contributed by atoms with van der Waals surface area (Å²) in [5.74, 6) is -4.53. The second kappa shape index (κ2) is 8.56. The van der Waals surface area contributed by atoms with Gasteiger partial charge in [-0.2, -0.15) is 0 Å². The molecule has 3 heterocycles. The monoisotopic (exact) mass is 509 g/mol. The molecule has 0 spiro atoms. The number of rotatable bonds is 5. The van der Waals surface area contributed by atoms with Crippen LogP contribution in [0.1, 0.15) is 28.3 Å². The van der Waals surface area contributed by atoms with Crippen molar-refractivity contribution in [3.8, 4) is 5.75 Å². The highest BCUT2D eigenvalue weighted by atomic mass is 16.4. The van der Waals surface area contributed by atoms with E-state index in [1.165, 1.54) is 6.07 Å². The molecular formula is C30H27N3O5. The number of carboxylic acids is 1. The number of H-pyrrole nitrogens is 1. The Morgan fingerprint density at radius 2 is 1.71 bits per heavy atom. The van der Waals surface area contributed by atoms with Gasteiger partial charge in [0.2, 0.25) is 11.8 Å². The fourth-order valence-electron chi connectivity index (χ4n) is 6.15. The molecule has 0 unspecified atom stereocenters. The van der Waals surface area contributed by atoms with Gasteiger partial charge in [0, 0.05) is 35.1 Å². The van der Waals surface area contributed by atoms with Gasteiger partial charge in [-0.15, -0.1) is 0 Å². The first kappa shape index (κ1) is 23.9. The third-order valence-electron chi connectivity index (χ3n) is 8.20. The van der Waals surface area contributed by atoms with Gasteiger partial charge >= 0.3 is 5.97 Å². The van der Waals surface area contributed by atoms with Crippen LogP contribution in [0.15, 0.2) is 72.9 Å². The van der Waals surface area contributed by atoms with E-state index in [0.717, 1.165) is 32.5 Å². The SMILES string of the molecule is Cc1ccc(N2C(=O)[C@H]3[C@@H](c4ccccc4O)N[C@@](Cc4c[nH]c5ccccc45)(C(=O)O)[C@@H]3C2=O)cc1C. The van der Waals surface area contributed by atoms with Crippen LogP contribution in [0.25, 0.3) is 10.9 Å². The molecule has 8 heteroatoms. The van der Waals surface area contributed by atoms with Crippen molar-refractivity contribution in [3.63, 3.8) is 0 Å². The number of amides is 2. The Balaban J connectivity index is 1.53. The van der Waals surface area contributed by atoms with E-state index < -0.39 is 41.2 Å². The summed E-state index contributed by atoms with van der Waals surface area (Å²) in [5, 5.41) is 25.5. The van der Waals surface area contributed by atoms with E-state index >= 15 is 0 Å². The van der Waals surface area contributed by atoms with E-state index in [9.17, 15) is 24.6 Å². The van der Waals surface area contributed by atoms with Gasteiger partial charge in [0.15, 0.2) is 0 Å². The van der Waals surface area contributed by atoms with Crippen LogP contribution in [0.5, 0.6) is 5.75 Å². The van der Waals surface area contributed by atoms with Gasteiger partial charge in [-0.05, 0) is 54.8 Å². The van der Waals surface area contributed by atoms with Gasteiger partial charge in [0.05, 0.1) is 17.5 Å². The van der Waals surface area contributed by atoms with Gasteiger partial charge in [0.25, 0.3) is 0 Å². The standard InChI is InChI=1S/C30H27N3O5/c1-16-11-12-19(13-17(16)2)33-27(35)24-25(28(33)36)30(29(37)38,32-26(24)21-8-4-6-10-23(21)34)14-18-15-31-22-9-5-3-7-20(18)22/h3-13,15,24-26,31-32,34H,14H2,1-2H3,(H,37,38)/t24-,25+,26-,30-/m1/s1. The molecule has 4 aromatic rings. The molecule has 38 heavy (non-hydrogen) atoms. The first-order valence-electron chi connectivity index (χ1n) is 12.5. The Hall–Kier alpha value is -4.43. The number of aryl methyl sites for hydroxylation is 2. The zero-order chi connectivity index (χ0) is 26.8. The molecular weight excluding hydrogens is 482 g/mol. The van der Waals surface area contributed by atoms with E-state index in [2.05, 4.69) is 10.3 Å². The van der Waals surface area contributed by atoms with Gasteiger partial charge in [-0.1, -0.05) is 42.5 Å². The van der Waals surface area contributed by atoms with Crippen molar-refractivity contribution < 1.29 is 24.6 Å². The minimum Gasteiger partial charge on any atom is -0.508 e. The van der Waals surface area contributed by atoms with E-state index in [1.807, 2.05) is 44.2 Å². The van der Waals surface area contributed by atoms with Crippen LogP contribution >= 0.6 is 0 Å². The molecule has 3 aromatic carbocycles. The number of fused-ring (bicyclic) bond motifs is 2. The van der Waals surface area contributed by atoms with E-state index in [1.54, 1.807) is 36.5 Å². The Morgan fingerprint density at radius 1 is 0.974 bits per heavy atom.